The average molecular weight is 313 g/mol. The molecular formula is C14H19NO5S. The summed E-state index contributed by atoms with van der Waals surface area (Å²) in [4.78, 5) is 22.9. The maximum absolute atomic E-state index is 11.7. The number of rotatable bonds is 4. The van der Waals surface area contributed by atoms with Crippen LogP contribution in [0.5, 0.6) is 0 Å². The standard InChI is InChI=1S/C14H19NO5S/c1-14(2,3)20-13(17)15-12(9-16)10-6-5-7-11(8-10)21(4,18)19/h5-9,12H,1-4H3,(H,15,17). The van der Waals surface area contributed by atoms with Gasteiger partial charge in [0, 0.05) is 6.26 Å². The third-order valence-electron chi connectivity index (χ3n) is 2.45. The van der Waals surface area contributed by atoms with Crippen LogP contribution in [0.25, 0.3) is 0 Å². The van der Waals surface area contributed by atoms with Gasteiger partial charge in [0.15, 0.2) is 9.84 Å². The lowest BCUT2D eigenvalue weighted by molar-refractivity contribution is -0.109. The van der Waals surface area contributed by atoms with Crippen molar-refractivity contribution in [2.75, 3.05) is 6.26 Å². The Kier molecular flexibility index (Phi) is 5.11. The predicted molar refractivity (Wildman–Crippen MR) is 77.7 cm³/mol. The molecule has 116 valence electrons. The van der Waals surface area contributed by atoms with Gasteiger partial charge in [-0.05, 0) is 38.5 Å². The molecule has 0 fully saturated rings. The first-order valence-electron chi connectivity index (χ1n) is 6.28. The van der Waals surface area contributed by atoms with Gasteiger partial charge >= 0.3 is 6.09 Å². The van der Waals surface area contributed by atoms with Crippen molar-refractivity contribution in [3.05, 3.63) is 29.8 Å². The smallest absolute Gasteiger partial charge is 0.408 e. The second-order valence-electron chi connectivity index (χ2n) is 5.60. The number of nitrogens with one attached hydrogen (secondary N) is 1. The third kappa shape index (κ3) is 5.55. The minimum atomic E-state index is -3.38. The summed E-state index contributed by atoms with van der Waals surface area (Å²) >= 11 is 0. The molecule has 0 bridgehead atoms. The minimum absolute atomic E-state index is 0.0813. The lowest BCUT2D eigenvalue weighted by Crippen LogP contribution is -2.35. The summed E-state index contributed by atoms with van der Waals surface area (Å²) in [5, 5.41) is 2.39. The van der Waals surface area contributed by atoms with E-state index in [0.717, 1.165) is 6.26 Å². The lowest BCUT2D eigenvalue weighted by atomic mass is 10.1. The third-order valence-corrected chi connectivity index (χ3v) is 3.56. The molecule has 0 saturated carbocycles. The van der Waals surface area contributed by atoms with Gasteiger partial charge in [-0.25, -0.2) is 13.2 Å². The number of carbonyl (C=O) groups is 2. The number of alkyl carbamates (subject to hydrolysis) is 1. The Hall–Kier alpha value is -1.89. The van der Waals surface area contributed by atoms with E-state index in [1.807, 2.05) is 0 Å². The van der Waals surface area contributed by atoms with Crippen molar-refractivity contribution in [2.24, 2.45) is 0 Å². The zero-order valence-electron chi connectivity index (χ0n) is 12.4. The molecule has 1 amide bonds. The van der Waals surface area contributed by atoms with E-state index in [0.29, 0.717) is 11.8 Å². The number of hydrogen-bond acceptors (Lipinski definition) is 5. The molecule has 0 aromatic heterocycles. The molecule has 1 rings (SSSR count). The zero-order valence-corrected chi connectivity index (χ0v) is 13.2. The maximum atomic E-state index is 11.7. The van der Waals surface area contributed by atoms with E-state index in [4.69, 9.17) is 4.74 Å². The first-order valence-corrected chi connectivity index (χ1v) is 8.17. The van der Waals surface area contributed by atoms with Crippen molar-refractivity contribution >= 4 is 22.2 Å². The quantitative estimate of drug-likeness (QED) is 0.857. The topological polar surface area (TPSA) is 89.5 Å². The number of sulfone groups is 1. The molecule has 6 nitrogen and oxygen atoms in total. The number of amides is 1. The Balaban J connectivity index is 2.96. The van der Waals surface area contributed by atoms with Gasteiger partial charge in [0.2, 0.25) is 0 Å². The Morgan fingerprint density at radius 3 is 2.43 bits per heavy atom. The van der Waals surface area contributed by atoms with Crippen LogP contribution >= 0.6 is 0 Å². The molecule has 0 saturated heterocycles. The van der Waals surface area contributed by atoms with E-state index >= 15 is 0 Å². The van der Waals surface area contributed by atoms with Crippen molar-refractivity contribution in [3.63, 3.8) is 0 Å². The summed E-state index contributed by atoms with van der Waals surface area (Å²) < 4.78 is 28.1. The van der Waals surface area contributed by atoms with Crippen molar-refractivity contribution in [2.45, 2.75) is 37.3 Å². The van der Waals surface area contributed by atoms with Crippen LogP contribution in [0, 0.1) is 0 Å². The molecule has 0 heterocycles. The van der Waals surface area contributed by atoms with Crippen LogP contribution in [-0.2, 0) is 19.4 Å². The minimum Gasteiger partial charge on any atom is -0.444 e. The number of hydrogen-bond donors (Lipinski definition) is 1. The van der Waals surface area contributed by atoms with Gasteiger partial charge in [-0.3, -0.25) is 0 Å². The van der Waals surface area contributed by atoms with Gasteiger partial charge in [0.25, 0.3) is 0 Å². The van der Waals surface area contributed by atoms with E-state index < -0.39 is 27.6 Å². The second kappa shape index (κ2) is 6.26. The van der Waals surface area contributed by atoms with Crippen LogP contribution in [0.15, 0.2) is 29.2 Å². The highest BCUT2D eigenvalue weighted by molar-refractivity contribution is 7.90. The number of carbonyl (C=O) groups excluding carboxylic acids is 2. The van der Waals surface area contributed by atoms with Crippen LogP contribution in [-0.4, -0.2) is 32.7 Å². The summed E-state index contributed by atoms with van der Waals surface area (Å²) in [5.41, 5.74) is -0.314. The molecule has 0 aliphatic rings. The average Bonchev–Trinajstić information content (AvgIpc) is 2.33. The number of aldehydes is 1. The summed E-state index contributed by atoms with van der Waals surface area (Å²) in [6, 6.07) is 4.88. The molecule has 0 spiro atoms. The number of ether oxygens (including phenoxy) is 1. The predicted octanol–water partition coefficient (Wildman–Crippen LogP) is 1.85. The fraction of sp³-hybridized carbons (Fsp3) is 0.429. The van der Waals surface area contributed by atoms with Gasteiger partial charge in [-0.1, -0.05) is 12.1 Å². The molecule has 21 heavy (non-hydrogen) atoms. The summed E-state index contributed by atoms with van der Waals surface area (Å²) in [6.07, 6.45) is 0.846. The molecule has 1 aromatic carbocycles. The van der Waals surface area contributed by atoms with Crippen molar-refractivity contribution in [1.82, 2.24) is 5.32 Å². The highest BCUT2D eigenvalue weighted by Gasteiger charge is 2.21. The van der Waals surface area contributed by atoms with Crippen LogP contribution in [0.3, 0.4) is 0 Å². The molecule has 1 aromatic rings. The van der Waals surface area contributed by atoms with Crippen LogP contribution in [0.4, 0.5) is 4.79 Å². The fourth-order valence-electron chi connectivity index (χ4n) is 1.57. The van der Waals surface area contributed by atoms with Crippen molar-refractivity contribution in [3.8, 4) is 0 Å². The highest BCUT2D eigenvalue weighted by atomic mass is 32.2. The number of benzene rings is 1. The lowest BCUT2D eigenvalue weighted by Gasteiger charge is -2.21. The van der Waals surface area contributed by atoms with E-state index in [1.165, 1.54) is 18.2 Å². The second-order valence-corrected chi connectivity index (χ2v) is 7.62. The Morgan fingerprint density at radius 1 is 1.33 bits per heavy atom. The largest absolute Gasteiger partial charge is 0.444 e. The normalized spacial score (nSPS) is 13.3. The van der Waals surface area contributed by atoms with Crippen molar-refractivity contribution in [1.29, 1.82) is 0 Å². The Morgan fingerprint density at radius 2 is 1.95 bits per heavy atom. The van der Waals surface area contributed by atoms with Crippen molar-refractivity contribution < 1.29 is 22.7 Å². The Labute approximate surface area is 124 Å². The van der Waals surface area contributed by atoms with Gasteiger partial charge in [-0.2, -0.15) is 0 Å². The van der Waals surface area contributed by atoms with Crippen LogP contribution < -0.4 is 5.32 Å². The first-order chi connectivity index (χ1) is 9.53. The van der Waals surface area contributed by atoms with Gasteiger partial charge in [0.05, 0.1) is 4.90 Å². The molecule has 0 aliphatic carbocycles. The summed E-state index contributed by atoms with van der Waals surface area (Å²) in [6.45, 7) is 5.10. The molecule has 0 aliphatic heterocycles. The molecule has 1 atom stereocenters. The first kappa shape index (κ1) is 17.2. The van der Waals surface area contributed by atoms with Crippen LogP contribution in [0.1, 0.15) is 32.4 Å². The molecular weight excluding hydrogens is 294 g/mol. The van der Waals surface area contributed by atoms with E-state index in [1.54, 1.807) is 26.8 Å². The van der Waals surface area contributed by atoms with E-state index in [9.17, 15) is 18.0 Å². The molecule has 1 unspecified atom stereocenters. The maximum Gasteiger partial charge on any atom is 0.408 e. The monoisotopic (exact) mass is 313 g/mol. The molecule has 0 radical (unpaired) electrons. The fourth-order valence-corrected chi connectivity index (χ4v) is 2.25. The van der Waals surface area contributed by atoms with E-state index in [2.05, 4.69) is 5.32 Å². The van der Waals surface area contributed by atoms with Gasteiger partial charge < -0.3 is 14.8 Å². The Bertz CT molecular complexity index is 631. The molecule has 7 heteroatoms. The summed E-state index contributed by atoms with van der Waals surface area (Å²) in [5.74, 6) is 0. The van der Waals surface area contributed by atoms with Crippen LogP contribution in [0.2, 0.25) is 0 Å². The summed E-state index contributed by atoms with van der Waals surface area (Å²) in [7, 11) is -3.38. The molecule has 1 N–H and O–H groups in total. The van der Waals surface area contributed by atoms with E-state index in [-0.39, 0.29) is 4.90 Å². The zero-order chi connectivity index (χ0) is 16.3. The van der Waals surface area contributed by atoms with Gasteiger partial charge in [0.1, 0.15) is 17.9 Å². The highest BCUT2D eigenvalue weighted by Crippen LogP contribution is 2.17. The SMILES string of the molecule is CC(C)(C)OC(=O)NC(C=O)c1cccc(S(C)(=O)=O)c1. The van der Waals surface area contributed by atoms with Gasteiger partial charge in [-0.15, -0.1) is 0 Å².